The zero-order valence-electron chi connectivity index (χ0n) is 13.7. The fourth-order valence-corrected chi connectivity index (χ4v) is 2.71. The van der Waals surface area contributed by atoms with Gasteiger partial charge in [0.25, 0.3) is 0 Å². The first-order chi connectivity index (χ1) is 10.6. The summed E-state index contributed by atoms with van der Waals surface area (Å²) < 4.78 is 10.9. The minimum Gasteiger partial charge on any atom is -0.496 e. The predicted octanol–water partition coefficient (Wildman–Crippen LogP) is 1.38. The average molecular weight is 306 g/mol. The van der Waals surface area contributed by atoms with Crippen LogP contribution in [0, 0.1) is 6.92 Å². The van der Waals surface area contributed by atoms with Crippen molar-refractivity contribution in [2.75, 3.05) is 40.4 Å². The molecule has 1 heterocycles. The first-order valence-corrected chi connectivity index (χ1v) is 7.79. The van der Waals surface area contributed by atoms with Crippen molar-refractivity contribution in [2.24, 2.45) is 0 Å². The van der Waals surface area contributed by atoms with Gasteiger partial charge in [-0.3, -0.25) is 4.79 Å². The van der Waals surface area contributed by atoms with Crippen molar-refractivity contribution in [1.82, 2.24) is 10.2 Å². The number of methoxy groups -OCH3 is 1. The second-order valence-corrected chi connectivity index (χ2v) is 5.87. The molecule has 22 heavy (non-hydrogen) atoms. The zero-order valence-corrected chi connectivity index (χ0v) is 13.7. The second-order valence-electron chi connectivity index (χ2n) is 5.87. The molecule has 1 atom stereocenters. The minimum absolute atomic E-state index is 0.0498. The third kappa shape index (κ3) is 5.00. The Balaban J connectivity index is 1.72. The van der Waals surface area contributed by atoms with E-state index in [0.29, 0.717) is 13.0 Å². The summed E-state index contributed by atoms with van der Waals surface area (Å²) in [5.74, 6) is 0.899. The lowest BCUT2D eigenvalue weighted by atomic mass is 10.1. The molecule has 1 N–H and O–H groups in total. The second kappa shape index (κ2) is 8.15. The molecule has 1 fully saturated rings. The van der Waals surface area contributed by atoms with Gasteiger partial charge in [-0.2, -0.15) is 0 Å². The van der Waals surface area contributed by atoms with Crippen LogP contribution >= 0.6 is 0 Å². The number of carbonyl (C=O) groups excluding carboxylic acids is 1. The number of carbonyl (C=O) groups is 1. The maximum Gasteiger partial charge on any atom is 0.224 e. The van der Waals surface area contributed by atoms with E-state index in [1.807, 2.05) is 25.1 Å². The first kappa shape index (κ1) is 16.8. The Hall–Kier alpha value is -1.59. The molecule has 0 saturated carbocycles. The van der Waals surface area contributed by atoms with Crippen molar-refractivity contribution < 1.29 is 14.3 Å². The third-order valence-electron chi connectivity index (χ3n) is 3.95. The molecular weight excluding hydrogens is 280 g/mol. The molecule has 122 valence electrons. The molecule has 1 unspecified atom stereocenters. The van der Waals surface area contributed by atoms with E-state index in [4.69, 9.17) is 9.47 Å². The molecule has 0 spiro atoms. The number of ether oxygens (including phenoxy) is 2. The predicted molar refractivity (Wildman–Crippen MR) is 86.3 cm³/mol. The molecule has 1 aromatic rings. The van der Waals surface area contributed by atoms with Crippen molar-refractivity contribution in [2.45, 2.75) is 25.9 Å². The van der Waals surface area contributed by atoms with Gasteiger partial charge in [0.15, 0.2) is 0 Å². The fraction of sp³-hybridized carbons (Fsp3) is 0.588. The lowest BCUT2D eigenvalue weighted by Gasteiger charge is -2.30. The summed E-state index contributed by atoms with van der Waals surface area (Å²) in [5.41, 5.74) is 2.05. The Labute approximate surface area is 132 Å². The highest BCUT2D eigenvalue weighted by Crippen LogP contribution is 2.18. The first-order valence-electron chi connectivity index (χ1n) is 7.79. The van der Waals surface area contributed by atoms with Crippen LogP contribution in [0.15, 0.2) is 18.2 Å². The Morgan fingerprint density at radius 2 is 2.32 bits per heavy atom. The van der Waals surface area contributed by atoms with Gasteiger partial charge in [0, 0.05) is 19.6 Å². The molecule has 0 aromatic heterocycles. The number of nitrogens with zero attached hydrogens (tertiary/aromatic N) is 1. The van der Waals surface area contributed by atoms with Gasteiger partial charge in [-0.05, 0) is 37.6 Å². The van der Waals surface area contributed by atoms with E-state index in [1.54, 1.807) is 7.11 Å². The number of hydrogen-bond acceptors (Lipinski definition) is 4. The van der Waals surface area contributed by atoms with Crippen molar-refractivity contribution in [3.63, 3.8) is 0 Å². The maximum absolute atomic E-state index is 12.0. The molecule has 1 amide bonds. The number of amides is 1. The largest absolute Gasteiger partial charge is 0.496 e. The van der Waals surface area contributed by atoms with Gasteiger partial charge < -0.3 is 19.7 Å². The number of nitrogens with one attached hydrogen (secondary N) is 1. The Kier molecular flexibility index (Phi) is 6.21. The quantitative estimate of drug-likeness (QED) is 0.863. The number of hydrogen-bond donors (Lipinski definition) is 1. The lowest BCUT2D eigenvalue weighted by Crippen LogP contribution is -2.41. The smallest absolute Gasteiger partial charge is 0.224 e. The van der Waals surface area contributed by atoms with E-state index >= 15 is 0 Å². The highest BCUT2D eigenvalue weighted by molar-refractivity contribution is 5.78. The Bertz CT molecular complexity index is 505. The molecule has 5 nitrogen and oxygen atoms in total. The van der Waals surface area contributed by atoms with Crippen LogP contribution in [-0.4, -0.2) is 57.3 Å². The molecule has 1 saturated heterocycles. The standard InChI is InChI=1S/C17H26N2O3/c1-13-10-14(4-5-16(13)21-3)11-17(20)18-7-6-15-12-19(2)8-9-22-15/h4-5,10,15H,6-9,11-12H2,1-3H3,(H,18,20). The molecule has 0 bridgehead atoms. The van der Waals surface area contributed by atoms with E-state index in [1.165, 1.54) is 0 Å². The highest BCUT2D eigenvalue weighted by atomic mass is 16.5. The van der Waals surface area contributed by atoms with Crippen molar-refractivity contribution >= 4 is 5.91 Å². The molecule has 2 rings (SSSR count). The van der Waals surface area contributed by atoms with Gasteiger partial charge in [0.2, 0.25) is 5.91 Å². The van der Waals surface area contributed by atoms with Crippen LogP contribution in [0.1, 0.15) is 17.5 Å². The van der Waals surface area contributed by atoms with Crippen LogP contribution in [0.4, 0.5) is 0 Å². The summed E-state index contributed by atoms with van der Waals surface area (Å²) in [5, 5.41) is 2.97. The van der Waals surface area contributed by atoms with Crippen LogP contribution < -0.4 is 10.1 Å². The summed E-state index contributed by atoms with van der Waals surface area (Å²) in [6.07, 6.45) is 1.48. The van der Waals surface area contributed by atoms with Gasteiger partial charge >= 0.3 is 0 Å². The molecule has 1 aliphatic rings. The summed E-state index contributed by atoms with van der Waals surface area (Å²) in [6.45, 7) is 5.34. The van der Waals surface area contributed by atoms with Crippen LogP contribution in [-0.2, 0) is 16.0 Å². The Morgan fingerprint density at radius 3 is 3.00 bits per heavy atom. The molecule has 0 radical (unpaired) electrons. The molecule has 1 aromatic carbocycles. The summed E-state index contributed by atoms with van der Waals surface area (Å²) in [6, 6.07) is 5.84. The maximum atomic E-state index is 12.0. The zero-order chi connectivity index (χ0) is 15.9. The average Bonchev–Trinajstić information content (AvgIpc) is 2.47. The van der Waals surface area contributed by atoms with E-state index < -0.39 is 0 Å². The van der Waals surface area contributed by atoms with E-state index in [-0.39, 0.29) is 12.0 Å². The summed E-state index contributed by atoms with van der Waals surface area (Å²) in [7, 11) is 3.75. The van der Waals surface area contributed by atoms with Gasteiger partial charge in [-0.15, -0.1) is 0 Å². The molecule has 1 aliphatic heterocycles. The number of rotatable bonds is 6. The van der Waals surface area contributed by atoms with Gasteiger partial charge in [-0.1, -0.05) is 12.1 Å². The van der Waals surface area contributed by atoms with Gasteiger partial charge in [0.1, 0.15) is 5.75 Å². The Morgan fingerprint density at radius 1 is 1.50 bits per heavy atom. The summed E-state index contributed by atoms with van der Waals surface area (Å²) >= 11 is 0. The number of benzene rings is 1. The minimum atomic E-state index is 0.0498. The monoisotopic (exact) mass is 306 g/mol. The normalized spacial score (nSPS) is 19.0. The third-order valence-corrected chi connectivity index (χ3v) is 3.95. The fourth-order valence-electron chi connectivity index (χ4n) is 2.71. The SMILES string of the molecule is COc1ccc(CC(=O)NCCC2CN(C)CCO2)cc1C. The molecule has 0 aliphatic carbocycles. The highest BCUT2D eigenvalue weighted by Gasteiger charge is 2.17. The van der Waals surface area contributed by atoms with Gasteiger partial charge in [0.05, 0.1) is 26.2 Å². The number of aryl methyl sites for hydroxylation is 1. The van der Waals surface area contributed by atoms with E-state index in [9.17, 15) is 4.79 Å². The van der Waals surface area contributed by atoms with Crippen LogP contribution in [0.2, 0.25) is 0 Å². The van der Waals surface area contributed by atoms with Crippen molar-refractivity contribution in [1.29, 1.82) is 0 Å². The van der Waals surface area contributed by atoms with Crippen LogP contribution in [0.25, 0.3) is 0 Å². The summed E-state index contributed by atoms with van der Waals surface area (Å²) in [4.78, 5) is 14.3. The van der Waals surface area contributed by atoms with Gasteiger partial charge in [-0.25, -0.2) is 0 Å². The number of likely N-dealkylation sites (N-methyl/N-ethyl adjacent to an activating group) is 1. The molecular formula is C17H26N2O3. The van der Waals surface area contributed by atoms with E-state index in [2.05, 4.69) is 17.3 Å². The molecule has 5 heteroatoms. The van der Waals surface area contributed by atoms with Crippen molar-refractivity contribution in [3.05, 3.63) is 29.3 Å². The lowest BCUT2D eigenvalue weighted by molar-refractivity contribution is -0.120. The van der Waals surface area contributed by atoms with Crippen molar-refractivity contribution in [3.8, 4) is 5.75 Å². The van der Waals surface area contributed by atoms with E-state index in [0.717, 1.165) is 43.0 Å². The topological polar surface area (TPSA) is 50.8 Å². The van der Waals surface area contributed by atoms with Crippen LogP contribution in [0.5, 0.6) is 5.75 Å². The number of morpholine rings is 1. The van der Waals surface area contributed by atoms with Crippen LogP contribution in [0.3, 0.4) is 0 Å².